The number of aromatic hydroxyl groups is 1. The number of phenols is 1. The van der Waals surface area contributed by atoms with E-state index in [1.165, 1.54) is 0 Å². The normalized spacial score (nSPS) is 12.3. The first kappa shape index (κ1) is 39.3. The van der Waals surface area contributed by atoms with Gasteiger partial charge in [0.25, 0.3) is 0 Å². The van der Waals surface area contributed by atoms with Crippen LogP contribution >= 0.6 is 31.9 Å². The Bertz CT molecular complexity index is 1510. The van der Waals surface area contributed by atoms with Gasteiger partial charge in [-0.2, -0.15) is 0 Å². The Morgan fingerprint density at radius 2 is 1.35 bits per heavy atom. The minimum absolute atomic E-state index is 0.00367. The van der Waals surface area contributed by atoms with Crippen LogP contribution in [0.15, 0.2) is 81.7 Å². The third kappa shape index (κ3) is 14.9. The Balaban J connectivity index is 1.66. The number of alkyl carbamates (subject to hydrolysis) is 2. The van der Waals surface area contributed by atoms with E-state index in [4.69, 9.17) is 9.47 Å². The molecule has 0 heterocycles. The maximum absolute atomic E-state index is 13.8. The van der Waals surface area contributed by atoms with Crippen molar-refractivity contribution in [2.75, 3.05) is 13.1 Å². The molecule has 2 atom stereocenters. The molecule has 0 bridgehead atoms. The van der Waals surface area contributed by atoms with Gasteiger partial charge in [0.1, 0.15) is 30.0 Å². The average Bonchev–Trinajstić information content (AvgIpc) is 3.05. The fraction of sp³-hybridized carbons (Fsp3) is 0.389. The molecule has 264 valence electrons. The number of nitrogens with one attached hydrogen (secondary N) is 4. The van der Waals surface area contributed by atoms with E-state index in [1.54, 1.807) is 32.9 Å². The zero-order valence-electron chi connectivity index (χ0n) is 27.9. The second kappa shape index (κ2) is 19.8. The molecule has 3 aromatic carbocycles. The summed E-state index contributed by atoms with van der Waals surface area (Å²) >= 11 is 6.61. The second-order valence-corrected chi connectivity index (χ2v) is 14.1. The molecule has 0 unspecified atom stereocenters. The summed E-state index contributed by atoms with van der Waals surface area (Å²) in [4.78, 5) is 52.1. The molecule has 3 aromatic rings. The fourth-order valence-corrected chi connectivity index (χ4v) is 5.99. The largest absolute Gasteiger partial charge is 0.506 e. The fourth-order valence-electron chi connectivity index (χ4n) is 4.71. The van der Waals surface area contributed by atoms with Crippen molar-refractivity contribution in [1.29, 1.82) is 0 Å². The molecule has 5 N–H and O–H groups in total. The molecule has 13 heteroatoms. The minimum atomic E-state index is -1.11. The summed E-state index contributed by atoms with van der Waals surface area (Å²) in [5.74, 6) is -0.960. The highest BCUT2D eigenvalue weighted by Gasteiger charge is 2.29. The number of amides is 4. The number of carbonyl (C=O) groups excluding carboxylic acids is 4. The van der Waals surface area contributed by atoms with Gasteiger partial charge in [-0.25, -0.2) is 9.59 Å². The maximum atomic E-state index is 13.8. The summed E-state index contributed by atoms with van der Waals surface area (Å²) in [5, 5.41) is 21.2. The topological polar surface area (TPSA) is 155 Å². The molecule has 0 aromatic heterocycles. The van der Waals surface area contributed by atoms with E-state index in [0.29, 0.717) is 46.9 Å². The van der Waals surface area contributed by atoms with E-state index in [-0.39, 0.29) is 31.1 Å². The van der Waals surface area contributed by atoms with E-state index >= 15 is 0 Å². The lowest BCUT2D eigenvalue weighted by Gasteiger charge is -2.25. The van der Waals surface area contributed by atoms with Crippen molar-refractivity contribution in [2.45, 2.75) is 77.2 Å². The first-order valence-electron chi connectivity index (χ1n) is 16.0. The SMILES string of the molecule is CC(C)(C)OC(=O)N[C@@H](Cc1cc(Br)c(O)c(Br)c1)C(=O)N[C@H](CCCCNC(=O)OCc1ccccc1)C(=O)NCCc1ccccc1. The summed E-state index contributed by atoms with van der Waals surface area (Å²) in [6, 6.07) is 20.3. The summed E-state index contributed by atoms with van der Waals surface area (Å²) in [5.41, 5.74) is 1.75. The number of halogens is 2. The number of carbonyl (C=O) groups is 4. The number of benzene rings is 3. The van der Waals surface area contributed by atoms with Gasteiger partial charge in [0.2, 0.25) is 11.8 Å². The smallest absolute Gasteiger partial charge is 0.408 e. The van der Waals surface area contributed by atoms with Crippen molar-refractivity contribution < 1.29 is 33.8 Å². The lowest BCUT2D eigenvalue weighted by atomic mass is 10.0. The molecule has 0 fully saturated rings. The van der Waals surface area contributed by atoms with E-state index in [1.807, 2.05) is 60.7 Å². The molecule has 0 aliphatic carbocycles. The molecular weight excluding hydrogens is 760 g/mol. The third-order valence-corrected chi connectivity index (χ3v) is 8.32. The van der Waals surface area contributed by atoms with Gasteiger partial charge in [0, 0.05) is 19.5 Å². The van der Waals surface area contributed by atoms with Crippen LogP contribution in [0.4, 0.5) is 9.59 Å². The van der Waals surface area contributed by atoms with Crippen molar-refractivity contribution in [3.63, 3.8) is 0 Å². The van der Waals surface area contributed by atoms with E-state index in [2.05, 4.69) is 53.1 Å². The van der Waals surface area contributed by atoms with Gasteiger partial charge in [-0.15, -0.1) is 0 Å². The lowest BCUT2D eigenvalue weighted by molar-refractivity contribution is -0.130. The van der Waals surface area contributed by atoms with E-state index < -0.39 is 35.8 Å². The predicted molar refractivity (Wildman–Crippen MR) is 194 cm³/mol. The maximum Gasteiger partial charge on any atom is 0.408 e. The van der Waals surface area contributed by atoms with Gasteiger partial charge in [0.15, 0.2) is 0 Å². The molecular formula is C36H44Br2N4O7. The Kier molecular flexibility index (Phi) is 15.9. The lowest BCUT2D eigenvalue weighted by Crippen LogP contribution is -2.55. The monoisotopic (exact) mass is 802 g/mol. The van der Waals surface area contributed by atoms with Crippen LogP contribution < -0.4 is 21.3 Å². The van der Waals surface area contributed by atoms with Crippen LogP contribution in [-0.4, -0.2) is 59.9 Å². The molecule has 0 radical (unpaired) electrons. The van der Waals surface area contributed by atoms with Crippen LogP contribution in [-0.2, 0) is 38.5 Å². The highest BCUT2D eigenvalue weighted by atomic mass is 79.9. The third-order valence-electron chi connectivity index (χ3n) is 7.11. The van der Waals surface area contributed by atoms with Crippen molar-refractivity contribution in [3.05, 3.63) is 98.4 Å². The number of hydrogen-bond acceptors (Lipinski definition) is 7. The predicted octanol–water partition coefficient (Wildman–Crippen LogP) is 6.29. The average molecular weight is 805 g/mol. The Labute approximate surface area is 304 Å². The van der Waals surface area contributed by atoms with Crippen LogP contribution in [0.5, 0.6) is 5.75 Å². The van der Waals surface area contributed by atoms with Crippen LogP contribution in [0.2, 0.25) is 0 Å². The summed E-state index contributed by atoms with van der Waals surface area (Å²) in [7, 11) is 0. The second-order valence-electron chi connectivity index (χ2n) is 12.4. The van der Waals surface area contributed by atoms with Crippen molar-refractivity contribution in [1.82, 2.24) is 21.3 Å². The molecule has 0 spiro atoms. The Hall–Kier alpha value is -4.10. The van der Waals surface area contributed by atoms with E-state index in [9.17, 15) is 24.3 Å². The zero-order chi connectivity index (χ0) is 35.8. The zero-order valence-corrected chi connectivity index (χ0v) is 31.1. The van der Waals surface area contributed by atoms with Crippen LogP contribution in [0, 0.1) is 0 Å². The van der Waals surface area contributed by atoms with E-state index in [0.717, 1.165) is 11.1 Å². The van der Waals surface area contributed by atoms with Gasteiger partial charge in [-0.3, -0.25) is 9.59 Å². The highest BCUT2D eigenvalue weighted by molar-refractivity contribution is 9.11. The molecule has 4 amide bonds. The minimum Gasteiger partial charge on any atom is -0.506 e. The molecule has 3 rings (SSSR count). The van der Waals surface area contributed by atoms with Gasteiger partial charge in [-0.05, 0) is 107 Å². The first-order valence-corrected chi connectivity index (χ1v) is 17.6. The molecule has 0 aliphatic heterocycles. The molecule has 0 saturated heterocycles. The molecule has 0 aliphatic rings. The van der Waals surface area contributed by atoms with Crippen molar-refractivity contribution in [3.8, 4) is 5.75 Å². The van der Waals surface area contributed by atoms with Gasteiger partial charge in [-0.1, -0.05) is 60.7 Å². The number of phenolic OH excluding ortho intramolecular Hbond substituents is 1. The molecule has 0 saturated carbocycles. The summed E-state index contributed by atoms with van der Waals surface area (Å²) in [6.45, 7) is 5.97. The van der Waals surface area contributed by atoms with Gasteiger partial charge in [0.05, 0.1) is 8.95 Å². The van der Waals surface area contributed by atoms with Crippen LogP contribution in [0.25, 0.3) is 0 Å². The number of hydrogen-bond donors (Lipinski definition) is 5. The Morgan fingerprint density at radius 1 is 0.735 bits per heavy atom. The number of unbranched alkanes of at least 4 members (excludes halogenated alkanes) is 1. The van der Waals surface area contributed by atoms with Crippen LogP contribution in [0.3, 0.4) is 0 Å². The van der Waals surface area contributed by atoms with Gasteiger partial charge >= 0.3 is 12.2 Å². The first-order chi connectivity index (χ1) is 23.3. The quantitative estimate of drug-likeness (QED) is 0.107. The standard InChI is InChI=1S/C36H44Br2N4O7/c1-36(2,3)49-35(47)42-30(22-26-20-27(37)31(43)28(38)21-26)33(45)41-29(32(44)39-19-17-24-12-6-4-7-13-24)16-10-11-18-40-34(46)48-23-25-14-8-5-9-15-25/h4-9,12-15,20-21,29-30,43H,10-11,16-19,22-23H2,1-3H3,(H,39,44)(H,40,46)(H,41,45)(H,42,47)/t29-,30+/m1/s1. The van der Waals surface area contributed by atoms with Crippen LogP contribution in [0.1, 0.15) is 56.7 Å². The number of rotatable bonds is 16. The molecule has 11 nitrogen and oxygen atoms in total. The summed E-state index contributed by atoms with van der Waals surface area (Å²) < 4.78 is 11.5. The molecule has 49 heavy (non-hydrogen) atoms. The van der Waals surface area contributed by atoms with Crippen molar-refractivity contribution in [2.24, 2.45) is 0 Å². The Morgan fingerprint density at radius 3 is 1.96 bits per heavy atom. The highest BCUT2D eigenvalue weighted by Crippen LogP contribution is 2.33. The number of ether oxygens (including phenoxy) is 2. The van der Waals surface area contributed by atoms with Gasteiger partial charge < -0.3 is 35.8 Å². The van der Waals surface area contributed by atoms with Crippen molar-refractivity contribution >= 4 is 55.9 Å². The summed E-state index contributed by atoms with van der Waals surface area (Å²) in [6.07, 6.45) is 0.612.